The van der Waals surface area contributed by atoms with Gasteiger partial charge in [-0.2, -0.15) is 0 Å². The Morgan fingerprint density at radius 2 is 1.80 bits per heavy atom. The summed E-state index contributed by atoms with van der Waals surface area (Å²) in [5, 5.41) is 6.00. The minimum absolute atomic E-state index is 0.199. The molecule has 178 valence electrons. The second-order valence-corrected chi connectivity index (χ2v) is 9.18. The van der Waals surface area contributed by atoms with Gasteiger partial charge in [0.2, 0.25) is 11.8 Å². The normalized spacial score (nSPS) is 16.8. The molecule has 1 aliphatic heterocycles. The Balaban J connectivity index is 1.43. The van der Waals surface area contributed by atoms with Gasteiger partial charge in [0.1, 0.15) is 6.04 Å². The first-order valence-electron chi connectivity index (χ1n) is 11.9. The molecule has 1 aliphatic rings. The van der Waals surface area contributed by atoms with Crippen LogP contribution < -0.4 is 11.1 Å². The van der Waals surface area contributed by atoms with Crippen LogP contribution in [0, 0.1) is 5.92 Å². The Kier molecular flexibility index (Phi) is 6.23. The maximum absolute atomic E-state index is 13.7. The Morgan fingerprint density at radius 3 is 2.63 bits per heavy atom. The lowest BCUT2D eigenvalue weighted by Crippen LogP contribution is -2.53. The molecule has 2 atom stereocenters. The van der Waals surface area contributed by atoms with Crippen molar-refractivity contribution < 1.29 is 14.4 Å². The average Bonchev–Trinajstić information content (AvgIpc) is 3.30. The number of rotatable bonds is 6. The minimum atomic E-state index is -0.778. The number of aromatic nitrogens is 1. The third-order valence-corrected chi connectivity index (χ3v) is 6.85. The van der Waals surface area contributed by atoms with Gasteiger partial charge in [-0.1, -0.05) is 48.5 Å². The van der Waals surface area contributed by atoms with Crippen molar-refractivity contribution >= 4 is 39.4 Å². The van der Waals surface area contributed by atoms with Crippen molar-refractivity contribution in [2.75, 3.05) is 13.1 Å². The molecule has 7 nitrogen and oxygen atoms in total. The SMILES string of the molecule is NC(=O)C1CCCN(C(=O)C(Cc2c[nH]c3ccccc23)NC(=O)c2ccc3ccccc3c2)C1. The summed E-state index contributed by atoms with van der Waals surface area (Å²) in [7, 11) is 0. The molecule has 1 aromatic heterocycles. The average molecular weight is 469 g/mol. The maximum atomic E-state index is 13.7. The van der Waals surface area contributed by atoms with Crippen LogP contribution in [0.15, 0.2) is 72.9 Å². The number of hydrogen-bond donors (Lipinski definition) is 3. The molecule has 4 aromatic rings. The lowest BCUT2D eigenvalue weighted by atomic mass is 9.96. The van der Waals surface area contributed by atoms with Gasteiger partial charge in [-0.15, -0.1) is 0 Å². The van der Waals surface area contributed by atoms with Gasteiger partial charge in [0.05, 0.1) is 5.92 Å². The van der Waals surface area contributed by atoms with Gasteiger partial charge < -0.3 is 20.9 Å². The van der Waals surface area contributed by atoms with E-state index >= 15 is 0 Å². The van der Waals surface area contributed by atoms with Gasteiger partial charge >= 0.3 is 0 Å². The summed E-state index contributed by atoms with van der Waals surface area (Å²) in [6.45, 7) is 0.823. The van der Waals surface area contributed by atoms with Crippen molar-refractivity contribution in [1.29, 1.82) is 0 Å². The molecule has 5 rings (SSSR count). The molecule has 2 unspecified atom stereocenters. The quantitative estimate of drug-likeness (QED) is 0.404. The monoisotopic (exact) mass is 468 g/mol. The minimum Gasteiger partial charge on any atom is -0.369 e. The highest BCUT2D eigenvalue weighted by Crippen LogP contribution is 2.22. The Hall–Kier alpha value is -4.13. The van der Waals surface area contributed by atoms with Gasteiger partial charge in [0.25, 0.3) is 5.91 Å². The van der Waals surface area contributed by atoms with Gasteiger partial charge in [-0.3, -0.25) is 14.4 Å². The van der Waals surface area contributed by atoms with Crippen LogP contribution in [-0.2, 0) is 16.0 Å². The van der Waals surface area contributed by atoms with E-state index in [-0.39, 0.29) is 24.3 Å². The standard InChI is InChI=1S/C28H28N4O3/c29-26(33)21-8-5-13-32(17-21)28(35)25(15-22-16-30-24-10-4-3-9-23(22)24)31-27(34)20-12-11-18-6-1-2-7-19(18)14-20/h1-4,6-7,9-12,14,16,21,25,30H,5,8,13,15,17H2,(H2,29,33)(H,31,34). The number of nitrogens with zero attached hydrogens (tertiary/aromatic N) is 1. The molecule has 1 fully saturated rings. The van der Waals surface area contributed by atoms with E-state index in [0.29, 0.717) is 31.4 Å². The number of H-pyrrole nitrogens is 1. The number of para-hydroxylation sites is 1. The smallest absolute Gasteiger partial charge is 0.251 e. The number of piperidine rings is 1. The number of benzene rings is 3. The summed E-state index contributed by atoms with van der Waals surface area (Å²) in [5.74, 6) is -1.26. The number of amides is 3. The van der Waals surface area contributed by atoms with Crippen LogP contribution in [0.1, 0.15) is 28.8 Å². The highest BCUT2D eigenvalue weighted by atomic mass is 16.2. The lowest BCUT2D eigenvalue weighted by molar-refractivity contribution is -0.136. The third kappa shape index (κ3) is 4.75. The molecule has 0 bridgehead atoms. The number of nitrogens with one attached hydrogen (secondary N) is 2. The number of hydrogen-bond acceptors (Lipinski definition) is 3. The summed E-state index contributed by atoms with van der Waals surface area (Å²) >= 11 is 0. The fourth-order valence-corrected chi connectivity index (χ4v) is 4.92. The predicted octanol–water partition coefficient (Wildman–Crippen LogP) is 3.39. The van der Waals surface area contributed by atoms with Crippen LogP contribution in [0.5, 0.6) is 0 Å². The summed E-state index contributed by atoms with van der Waals surface area (Å²) in [6.07, 6.45) is 3.60. The fraction of sp³-hybridized carbons (Fsp3) is 0.250. The first kappa shape index (κ1) is 22.7. The number of carbonyl (C=O) groups is 3. The van der Waals surface area contributed by atoms with Crippen LogP contribution >= 0.6 is 0 Å². The predicted molar refractivity (Wildman–Crippen MR) is 136 cm³/mol. The third-order valence-electron chi connectivity index (χ3n) is 6.85. The zero-order valence-corrected chi connectivity index (χ0v) is 19.4. The number of fused-ring (bicyclic) bond motifs is 2. The van der Waals surface area contributed by atoms with Crippen molar-refractivity contribution in [2.24, 2.45) is 11.7 Å². The first-order chi connectivity index (χ1) is 17.0. The van der Waals surface area contributed by atoms with Gasteiger partial charge in [-0.05, 0) is 47.4 Å². The molecule has 0 radical (unpaired) electrons. The maximum Gasteiger partial charge on any atom is 0.251 e. The van der Waals surface area contributed by atoms with Crippen LogP contribution in [0.2, 0.25) is 0 Å². The topological polar surface area (TPSA) is 108 Å². The van der Waals surface area contributed by atoms with E-state index in [1.54, 1.807) is 11.0 Å². The highest BCUT2D eigenvalue weighted by molar-refractivity contribution is 6.01. The molecule has 35 heavy (non-hydrogen) atoms. The number of primary amides is 1. The van der Waals surface area contributed by atoms with Gasteiger partial charge in [0, 0.05) is 42.2 Å². The van der Waals surface area contributed by atoms with E-state index in [9.17, 15) is 14.4 Å². The van der Waals surface area contributed by atoms with Crippen LogP contribution in [0.4, 0.5) is 0 Å². The summed E-state index contributed by atoms with van der Waals surface area (Å²) < 4.78 is 0. The molecule has 2 heterocycles. The van der Waals surface area contributed by atoms with Crippen molar-refractivity contribution in [2.45, 2.75) is 25.3 Å². The van der Waals surface area contributed by atoms with Crippen molar-refractivity contribution in [1.82, 2.24) is 15.2 Å². The first-order valence-corrected chi connectivity index (χ1v) is 11.9. The largest absolute Gasteiger partial charge is 0.369 e. The van der Waals surface area contributed by atoms with E-state index in [0.717, 1.165) is 27.2 Å². The van der Waals surface area contributed by atoms with Crippen molar-refractivity contribution in [3.05, 3.63) is 84.1 Å². The van der Waals surface area contributed by atoms with Crippen LogP contribution in [0.3, 0.4) is 0 Å². The highest BCUT2D eigenvalue weighted by Gasteiger charge is 2.32. The van der Waals surface area contributed by atoms with Crippen molar-refractivity contribution in [3.63, 3.8) is 0 Å². The molecular formula is C28H28N4O3. The second-order valence-electron chi connectivity index (χ2n) is 9.18. The zero-order valence-electron chi connectivity index (χ0n) is 19.4. The van der Waals surface area contributed by atoms with Crippen LogP contribution in [-0.4, -0.2) is 46.7 Å². The van der Waals surface area contributed by atoms with E-state index in [2.05, 4.69) is 10.3 Å². The number of carbonyl (C=O) groups excluding carboxylic acids is 3. The lowest BCUT2D eigenvalue weighted by Gasteiger charge is -2.34. The number of nitrogens with two attached hydrogens (primary N) is 1. The van der Waals surface area contributed by atoms with Gasteiger partial charge in [0.15, 0.2) is 0 Å². The second kappa shape index (κ2) is 9.62. The molecule has 3 aromatic carbocycles. The number of aromatic amines is 1. The summed E-state index contributed by atoms with van der Waals surface area (Å²) in [5.41, 5.74) is 7.94. The van der Waals surface area contributed by atoms with Crippen LogP contribution in [0.25, 0.3) is 21.7 Å². The van der Waals surface area contributed by atoms with E-state index < -0.39 is 11.9 Å². The summed E-state index contributed by atoms with van der Waals surface area (Å²) in [6, 6.07) is 20.4. The van der Waals surface area contributed by atoms with Crippen molar-refractivity contribution in [3.8, 4) is 0 Å². The molecule has 1 saturated heterocycles. The van der Waals surface area contributed by atoms with Gasteiger partial charge in [-0.25, -0.2) is 0 Å². The Labute approximate surface area is 203 Å². The van der Waals surface area contributed by atoms with E-state index in [1.807, 2.05) is 66.9 Å². The van der Waals surface area contributed by atoms with E-state index in [1.165, 1.54) is 0 Å². The Bertz CT molecular complexity index is 1410. The fourth-order valence-electron chi connectivity index (χ4n) is 4.92. The molecule has 0 spiro atoms. The molecule has 0 saturated carbocycles. The Morgan fingerprint density at radius 1 is 1.03 bits per heavy atom. The van der Waals surface area contributed by atoms with E-state index in [4.69, 9.17) is 5.73 Å². The molecule has 3 amide bonds. The molecule has 7 heteroatoms. The molecule has 0 aliphatic carbocycles. The summed E-state index contributed by atoms with van der Waals surface area (Å²) in [4.78, 5) is 43.6. The molecule has 4 N–H and O–H groups in total. The zero-order chi connectivity index (χ0) is 24.4. The molecular weight excluding hydrogens is 440 g/mol. The number of likely N-dealkylation sites (tertiary alicyclic amines) is 1.